The molecule has 21 heavy (non-hydrogen) atoms. The highest BCUT2D eigenvalue weighted by Gasteiger charge is 2.16. The second-order valence-corrected chi connectivity index (χ2v) is 5.29. The molecule has 0 aliphatic carbocycles. The molecule has 0 aliphatic heterocycles. The summed E-state index contributed by atoms with van der Waals surface area (Å²) in [5.41, 5.74) is 5.62. The van der Waals surface area contributed by atoms with Gasteiger partial charge in [0.1, 0.15) is 0 Å². The molecule has 0 saturated carbocycles. The van der Waals surface area contributed by atoms with Crippen LogP contribution in [0.3, 0.4) is 0 Å². The molecule has 3 heteroatoms. The Morgan fingerprint density at radius 1 is 1.29 bits per heavy atom. The van der Waals surface area contributed by atoms with Gasteiger partial charge in [0.25, 0.3) is 0 Å². The highest BCUT2D eigenvalue weighted by atomic mass is 14.9. The standard InChI is InChI=1S/C18H19N3/c1-4-13-8-15-9-14(6-7-17(15)19-10-13)16(5-2)18-12(3)20-11-21-18/h4,6-11,16H,1,5H2,2-3H3,(H,20,21)/t16-/m0/s1. The van der Waals surface area contributed by atoms with Crippen molar-refractivity contribution in [2.24, 2.45) is 0 Å². The van der Waals surface area contributed by atoms with Gasteiger partial charge in [-0.25, -0.2) is 4.98 Å². The summed E-state index contributed by atoms with van der Waals surface area (Å²) in [5, 5.41) is 1.15. The van der Waals surface area contributed by atoms with Gasteiger partial charge in [0, 0.05) is 23.2 Å². The number of rotatable bonds is 4. The minimum atomic E-state index is 0.337. The van der Waals surface area contributed by atoms with E-state index >= 15 is 0 Å². The maximum Gasteiger partial charge on any atom is 0.0925 e. The first-order chi connectivity index (χ1) is 10.2. The van der Waals surface area contributed by atoms with Crippen LogP contribution < -0.4 is 0 Å². The normalized spacial score (nSPS) is 12.5. The molecule has 3 aromatic rings. The molecule has 2 heterocycles. The molecule has 3 rings (SSSR count). The van der Waals surface area contributed by atoms with E-state index in [1.54, 1.807) is 6.33 Å². The zero-order chi connectivity index (χ0) is 14.8. The third-order valence-corrected chi connectivity index (χ3v) is 3.99. The fraction of sp³-hybridized carbons (Fsp3) is 0.222. The van der Waals surface area contributed by atoms with E-state index in [4.69, 9.17) is 0 Å². The van der Waals surface area contributed by atoms with Gasteiger partial charge in [0.05, 0.1) is 17.5 Å². The SMILES string of the molecule is C=Cc1cnc2ccc([C@H](CC)c3[nH]cnc3C)cc2c1. The Bertz CT molecular complexity index is 786. The second kappa shape index (κ2) is 5.52. The molecule has 3 nitrogen and oxygen atoms in total. The van der Waals surface area contributed by atoms with Gasteiger partial charge in [-0.1, -0.05) is 25.6 Å². The summed E-state index contributed by atoms with van der Waals surface area (Å²) in [5.74, 6) is 0.337. The molecule has 0 spiro atoms. The minimum Gasteiger partial charge on any atom is -0.348 e. The molecule has 1 N–H and O–H groups in total. The first-order valence-corrected chi connectivity index (χ1v) is 7.25. The molecule has 2 aromatic heterocycles. The van der Waals surface area contributed by atoms with Gasteiger partial charge >= 0.3 is 0 Å². The van der Waals surface area contributed by atoms with Crippen molar-refractivity contribution in [1.82, 2.24) is 15.0 Å². The number of benzene rings is 1. The molecule has 0 fully saturated rings. The zero-order valence-electron chi connectivity index (χ0n) is 12.4. The molecule has 0 radical (unpaired) electrons. The van der Waals surface area contributed by atoms with Gasteiger partial charge in [-0.05, 0) is 42.7 Å². The van der Waals surface area contributed by atoms with Crippen LogP contribution in [0.5, 0.6) is 0 Å². The van der Waals surface area contributed by atoms with Crippen LogP contribution >= 0.6 is 0 Å². The van der Waals surface area contributed by atoms with E-state index in [9.17, 15) is 0 Å². The lowest BCUT2D eigenvalue weighted by Gasteiger charge is -2.15. The summed E-state index contributed by atoms with van der Waals surface area (Å²) < 4.78 is 0. The molecule has 1 atom stereocenters. The van der Waals surface area contributed by atoms with Gasteiger partial charge in [-0.15, -0.1) is 0 Å². The van der Waals surface area contributed by atoms with E-state index in [2.05, 4.69) is 52.7 Å². The van der Waals surface area contributed by atoms with E-state index in [1.165, 1.54) is 11.3 Å². The van der Waals surface area contributed by atoms with Crippen molar-refractivity contribution in [3.8, 4) is 0 Å². The summed E-state index contributed by atoms with van der Waals surface area (Å²) in [6.45, 7) is 8.06. The van der Waals surface area contributed by atoms with Crippen LogP contribution in [0, 0.1) is 6.92 Å². The second-order valence-electron chi connectivity index (χ2n) is 5.29. The van der Waals surface area contributed by atoms with Gasteiger partial charge in [-0.2, -0.15) is 0 Å². The molecule has 106 valence electrons. The maximum atomic E-state index is 4.47. The van der Waals surface area contributed by atoms with Crippen molar-refractivity contribution in [3.63, 3.8) is 0 Å². The molecule has 0 bridgehead atoms. The van der Waals surface area contributed by atoms with Crippen molar-refractivity contribution in [1.29, 1.82) is 0 Å². The Morgan fingerprint density at radius 3 is 2.81 bits per heavy atom. The van der Waals surface area contributed by atoms with Crippen LogP contribution in [0.4, 0.5) is 0 Å². The van der Waals surface area contributed by atoms with Gasteiger partial charge in [0.15, 0.2) is 0 Å². The lowest BCUT2D eigenvalue weighted by Crippen LogP contribution is -2.02. The summed E-state index contributed by atoms with van der Waals surface area (Å²) in [7, 11) is 0. The number of nitrogens with one attached hydrogen (secondary N) is 1. The summed E-state index contributed by atoms with van der Waals surface area (Å²) in [4.78, 5) is 12.1. The van der Waals surface area contributed by atoms with Crippen LogP contribution in [-0.4, -0.2) is 15.0 Å². The summed E-state index contributed by atoms with van der Waals surface area (Å²) in [6, 6.07) is 8.61. The predicted octanol–water partition coefficient (Wildman–Crippen LogP) is 4.45. The lowest BCUT2D eigenvalue weighted by atomic mass is 9.91. The average molecular weight is 277 g/mol. The molecule has 0 aliphatic rings. The topological polar surface area (TPSA) is 41.6 Å². The monoisotopic (exact) mass is 277 g/mol. The quantitative estimate of drug-likeness (QED) is 0.765. The van der Waals surface area contributed by atoms with Crippen molar-refractivity contribution in [2.45, 2.75) is 26.2 Å². The smallest absolute Gasteiger partial charge is 0.0925 e. The number of H-pyrrole nitrogens is 1. The van der Waals surface area contributed by atoms with Crippen LogP contribution in [-0.2, 0) is 0 Å². The molecular formula is C18H19N3. The first-order valence-electron chi connectivity index (χ1n) is 7.25. The molecule has 0 unspecified atom stereocenters. The number of aromatic nitrogens is 3. The summed E-state index contributed by atoms with van der Waals surface area (Å²) >= 11 is 0. The number of nitrogens with zero attached hydrogens (tertiary/aromatic N) is 2. The molecule has 0 saturated heterocycles. The number of aryl methyl sites for hydroxylation is 1. The Morgan fingerprint density at radius 2 is 2.14 bits per heavy atom. The van der Waals surface area contributed by atoms with Crippen molar-refractivity contribution in [2.75, 3.05) is 0 Å². The number of hydrogen-bond donors (Lipinski definition) is 1. The van der Waals surface area contributed by atoms with Crippen molar-refractivity contribution >= 4 is 17.0 Å². The Labute approximate surface area is 124 Å². The van der Waals surface area contributed by atoms with E-state index < -0.39 is 0 Å². The molecule has 0 amide bonds. The average Bonchev–Trinajstić information content (AvgIpc) is 2.93. The van der Waals surface area contributed by atoms with Gasteiger partial charge in [-0.3, -0.25) is 4.98 Å². The van der Waals surface area contributed by atoms with E-state index in [0.29, 0.717) is 5.92 Å². The summed E-state index contributed by atoms with van der Waals surface area (Å²) in [6.07, 6.45) is 6.48. The van der Waals surface area contributed by atoms with Crippen LogP contribution in [0.1, 0.15) is 41.8 Å². The number of fused-ring (bicyclic) bond motifs is 1. The Hall–Kier alpha value is -2.42. The third kappa shape index (κ3) is 2.47. The van der Waals surface area contributed by atoms with Crippen LogP contribution in [0.2, 0.25) is 0 Å². The molecular weight excluding hydrogens is 258 g/mol. The van der Waals surface area contributed by atoms with E-state index in [-0.39, 0.29) is 0 Å². The first kappa shape index (κ1) is 13.6. The number of pyridine rings is 1. The maximum absolute atomic E-state index is 4.47. The lowest BCUT2D eigenvalue weighted by molar-refractivity contribution is 0.749. The van der Waals surface area contributed by atoms with Crippen LogP contribution in [0.25, 0.3) is 17.0 Å². The Kier molecular flexibility index (Phi) is 3.57. The van der Waals surface area contributed by atoms with Gasteiger partial charge in [0.2, 0.25) is 0 Å². The highest BCUT2D eigenvalue weighted by molar-refractivity contribution is 5.81. The third-order valence-electron chi connectivity index (χ3n) is 3.99. The highest BCUT2D eigenvalue weighted by Crippen LogP contribution is 2.30. The fourth-order valence-corrected chi connectivity index (χ4v) is 2.83. The minimum absolute atomic E-state index is 0.337. The zero-order valence-corrected chi connectivity index (χ0v) is 12.4. The van der Waals surface area contributed by atoms with Crippen molar-refractivity contribution < 1.29 is 0 Å². The number of imidazole rings is 1. The van der Waals surface area contributed by atoms with Crippen LogP contribution in [0.15, 0.2) is 43.4 Å². The van der Waals surface area contributed by atoms with Gasteiger partial charge < -0.3 is 4.98 Å². The van der Waals surface area contributed by atoms with E-state index in [0.717, 1.165) is 28.6 Å². The number of hydrogen-bond acceptors (Lipinski definition) is 2. The van der Waals surface area contributed by atoms with Crippen molar-refractivity contribution in [3.05, 3.63) is 65.9 Å². The molecule has 1 aromatic carbocycles. The Balaban J connectivity index is 2.10. The fourth-order valence-electron chi connectivity index (χ4n) is 2.83. The largest absolute Gasteiger partial charge is 0.348 e. The predicted molar refractivity (Wildman–Crippen MR) is 87.3 cm³/mol. The number of aromatic amines is 1. The van der Waals surface area contributed by atoms with E-state index in [1.807, 2.05) is 19.2 Å².